The first-order valence-corrected chi connectivity index (χ1v) is 10.6. The number of hydrogen-bond donors (Lipinski definition) is 1. The van der Waals surface area contributed by atoms with Crippen LogP contribution in [0.5, 0.6) is 0 Å². The summed E-state index contributed by atoms with van der Waals surface area (Å²) in [5.41, 5.74) is 1.56. The summed E-state index contributed by atoms with van der Waals surface area (Å²) in [5.74, 6) is 0.433. The summed E-state index contributed by atoms with van der Waals surface area (Å²) in [5, 5.41) is 2.97. The lowest BCUT2D eigenvalue weighted by Crippen LogP contribution is -2.38. The molecule has 1 aromatic heterocycles. The van der Waals surface area contributed by atoms with Gasteiger partial charge in [-0.05, 0) is 31.5 Å². The number of morpholine rings is 1. The van der Waals surface area contributed by atoms with Crippen LogP contribution < -0.4 is 5.32 Å². The molecule has 0 aliphatic carbocycles. The molecule has 3 rings (SSSR count). The molecular weight excluding hydrogens is 382 g/mol. The number of aryl methyl sites for hydroxylation is 1. The minimum absolute atomic E-state index is 0.0354. The van der Waals surface area contributed by atoms with E-state index in [9.17, 15) is 9.59 Å². The van der Waals surface area contributed by atoms with Gasteiger partial charge in [0.05, 0.1) is 25.0 Å². The Balaban J connectivity index is 1.48. The van der Waals surface area contributed by atoms with Crippen molar-refractivity contribution in [2.45, 2.75) is 26.3 Å². The third kappa shape index (κ3) is 6.71. The topological polar surface area (TPSA) is 75.0 Å². The third-order valence-electron chi connectivity index (χ3n) is 5.28. The summed E-state index contributed by atoms with van der Waals surface area (Å²) in [6.45, 7) is 7.67. The number of furan rings is 1. The van der Waals surface area contributed by atoms with E-state index in [4.69, 9.17) is 9.15 Å². The first-order valence-electron chi connectivity index (χ1n) is 10.6. The molecule has 0 spiro atoms. The van der Waals surface area contributed by atoms with Crippen molar-refractivity contribution in [3.8, 4) is 0 Å². The summed E-state index contributed by atoms with van der Waals surface area (Å²) in [6, 6.07) is 11.5. The maximum atomic E-state index is 13.0. The van der Waals surface area contributed by atoms with Gasteiger partial charge in [-0.25, -0.2) is 0 Å². The van der Waals surface area contributed by atoms with E-state index in [1.54, 1.807) is 17.9 Å². The minimum atomic E-state index is -0.120. The maximum absolute atomic E-state index is 13.0. The molecule has 30 heavy (non-hydrogen) atoms. The van der Waals surface area contributed by atoms with E-state index in [0.717, 1.165) is 44.8 Å². The SMILES string of the molecule is Cc1occc1C(=O)N(CCC(=O)NCCCN1CCOCC1)Cc1ccccc1. The normalized spacial score (nSPS) is 14.4. The highest BCUT2D eigenvalue weighted by molar-refractivity contribution is 5.95. The van der Waals surface area contributed by atoms with Gasteiger partial charge in [0.25, 0.3) is 5.91 Å². The van der Waals surface area contributed by atoms with E-state index in [-0.39, 0.29) is 18.2 Å². The molecule has 1 N–H and O–H groups in total. The molecule has 2 heterocycles. The Hall–Kier alpha value is -2.64. The Morgan fingerprint density at radius 3 is 2.60 bits per heavy atom. The molecule has 2 amide bonds. The average Bonchev–Trinajstić information content (AvgIpc) is 3.21. The van der Waals surface area contributed by atoms with Crippen molar-refractivity contribution in [1.82, 2.24) is 15.1 Å². The Labute approximate surface area is 178 Å². The molecule has 1 saturated heterocycles. The smallest absolute Gasteiger partial charge is 0.257 e. The first-order chi connectivity index (χ1) is 14.6. The minimum Gasteiger partial charge on any atom is -0.469 e. The van der Waals surface area contributed by atoms with Crippen molar-refractivity contribution in [3.05, 3.63) is 59.5 Å². The van der Waals surface area contributed by atoms with Gasteiger partial charge in [0.15, 0.2) is 0 Å². The Bertz CT molecular complexity index is 800. The van der Waals surface area contributed by atoms with Gasteiger partial charge in [-0.15, -0.1) is 0 Å². The number of nitrogens with zero attached hydrogens (tertiary/aromatic N) is 2. The van der Waals surface area contributed by atoms with Crippen LogP contribution in [0, 0.1) is 6.92 Å². The molecule has 0 radical (unpaired) electrons. The van der Waals surface area contributed by atoms with Crippen LogP contribution in [0.4, 0.5) is 0 Å². The van der Waals surface area contributed by atoms with Crippen LogP contribution in [0.3, 0.4) is 0 Å². The van der Waals surface area contributed by atoms with Gasteiger partial charge >= 0.3 is 0 Å². The zero-order chi connectivity index (χ0) is 21.2. The second-order valence-corrected chi connectivity index (χ2v) is 7.51. The molecule has 1 aliphatic rings. The van der Waals surface area contributed by atoms with Crippen molar-refractivity contribution in [3.63, 3.8) is 0 Å². The standard InChI is InChI=1S/C23H31N3O4/c1-19-21(9-15-30-19)23(28)26(18-20-6-3-2-4-7-20)12-8-22(27)24-10-5-11-25-13-16-29-17-14-25/h2-4,6-7,9,15H,5,8,10-14,16-18H2,1H3,(H,24,27). The van der Waals surface area contributed by atoms with Crippen LogP contribution in [-0.2, 0) is 16.1 Å². The number of nitrogens with one attached hydrogen (secondary N) is 1. The van der Waals surface area contributed by atoms with E-state index in [1.807, 2.05) is 30.3 Å². The zero-order valence-electron chi connectivity index (χ0n) is 17.6. The van der Waals surface area contributed by atoms with E-state index < -0.39 is 0 Å². The largest absolute Gasteiger partial charge is 0.469 e. The van der Waals surface area contributed by atoms with Gasteiger partial charge in [-0.2, -0.15) is 0 Å². The van der Waals surface area contributed by atoms with Gasteiger partial charge in [0.2, 0.25) is 5.91 Å². The lowest BCUT2D eigenvalue weighted by atomic mass is 10.1. The molecule has 0 bridgehead atoms. The fraction of sp³-hybridized carbons (Fsp3) is 0.478. The third-order valence-corrected chi connectivity index (χ3v) is 5.28. The van der Waals surface area contributed by atoms with Gasteiger partial charge in [0.1, 0.15) is 5.76 Å². The number of hydrogen-bond acceptors (Lipinski definition) is 5. The fourth-order valence-electron chi connectivity index (χ4n) is 3.51. The molecule has 7 nitrogen and oxygen atoms in total. The lowest BCUT2D eigenvalue weighted by Gasteiger charge is -2.26. The number of carbonyl (C=O) groups excluding carboxylic acids is 2. The Morgan fingerprint density at radius 2 is 1.90 bits per heavy atom. The van der Waals surface area contributed by atoms with Crippen LogP contribution >= 0.6 is 0 Å². The fourth-order valence-corrected chi connectivity index (χ4v) is 3.51. The second-order valence-electron chi connectivity index (χ2n) is 7.51. The van der Waals surface area contributed by atoms with Crippen LogP contribution in [0.1, 0.15) is 34.5 Å². The van der Waals surface area contributed by atoms with E-state index in [1.165, 1.54) is 6.26 Å². The average molecular weight is 414 g/mol. The van der Waals surface area contributed by atoms with Crippen molar-refractivity contribution >= 4 is 11.8 Å². The summed E-state index contributed by atoms with van der Waals surface area (Å²) in [7, 11) is 0. The summed E-state index contributed by atoms with van der Waals surface area (Å²) >= 11 is 0. The molecule has 2 aromatic rings. The molecule has 1 fully saturated rings. The molecule has 0 unspecified atom stereocenters. The predicted octanol–water partition coefficient (Wildman–Crippen LogP) is 2.46. The molecule has 162 valence electrons. The van der Waals surface area contributed by atoms with Crippen LogP contribution in [-0.4, -0.2) is 67.6 Å². The van der Waals surface area contributed by atoms with Crippen LogP contribution in [0.2, 0.25) is 0 Å². The maximum Gasteiger partial charge on any atom is 0.257 e. The number of amides is 2. The lowest BCUT2D eigenvalue weighted by molar-refractivity contribution is -0.121. The van der Waals surface area contributed by atoms with Gasteiger partial charge < -0.3 is 19.4 Å². The van der Waals surface area contributed by atoms with Crippen molar-refractivity contribution in [1.29, 1.82) is 0 Å². The van der Waals surface area contributed by atoms with E-state index in [2.05, 4.69) is 10.2 Å². The molecule has 1 aliphatic heterocycles. The second kappa shape index (κ2) is 11.5. The van der Waals surface area contributed by atoms with Crippen molar-refractivity contribution < 1.29 is 18.7 Å². The highest BCUT2D eigenvalue weighted by atomic mass is 16.5. The van der Waals surface area contributed by atoms with Crippen molar-refractivity contribution in [2.75, 3.05) is 45.9 Å². The number of benzene rings is 1. The number of carbonyl (C=O) groups is 2. The van der Waals surface area contributed by atoms with E-state index >= 15 is 0 Å². The summed E-state index contributed by atoms with van der Waals surface area (Å²) < 4.78 is 10.6. The van der Waals surface area contributed by atoms with Gasteiger partial charge in [0, 0.05) is 39.1 Å². The number of ether oxygens (including phenoxy) is 1. The van der Waals surface area contributed by atoms with Gasteiger partial charge in [-0.1, -0.05) is 30.3 Å². The Morgan fingerprint density at radius 1 is 1.13 bits per heavy atom. The molecular formula is C23H31N3O4. The molecule has 1 aromatic carbocycles. The molecule has 7 heteroatoms. The van der Waals surface area contributed by atoms with Crippen molar-refractivity contribution in [2.24, 2.45) is 0 Å². The summed E-state index contributed by atoms with van der Waals surface area (Å²) in [6.07, 6.45) is 2.70. The van der Waals surface area contributed by atoms with E-state index in [0.29, 0.717) is 31.0 Å². The van der Waals surface area contributed by atoms with Crippen LogP contribution in [0.15, 0.2) is 47.1 Å². The van der Waals surface area contributed by atoms with Crippen LogP contribution in [0.25, 0.3) is 0 Å². The quantitative estimate of drug-likeness (QED) is 0.606. The zero-order valence-corrected chi connectivity index (χ0v) is 17.6. The molecule has 0 atom stereocenters. The Kier molecular flexibility index (Phi) is 8.47. The highest BCUT2D eigenvalue weighted by Gasteiger charge is 2.20. The monoisotopic (exact) mass is 413 g/mol. The van der Waals surface area contributed by atoms with Gasteiger partial charge in [-0.3, -0.25) is 14.5 Å². The molecule has 0 saturated carbocycles. The summed E-state index contributed by atoms with van der Waals surface area (Å²) in [4.78, 5) is 29.4. The number of rotatable bonds is 10. The highest BCUT2D eigenvalue weighted by Crippen LogP contribution is 2.15. The first kappa shape index (κ1) is 22.1. The predicted molar refractivity (Wildman–Crippen MR) is 114 cm³/mol.